The number of halogens is 1. The van der Waals surface area contributed by atoms with Gasteiger partial charge in [0.05, 0.1) is 13.2 Å². The highest BCUT2D eigenvalue weighted by Crippen LogP contribution is 2.30. The Labute approximate surface area is 163 Å². The Morgan fingerprint density at radius 3 is 2.44 bits per heavy atom. The summed E-state index contributed by atoms with van der Waals surface area (Å²) in [7, 11) is 1.58. The van der Waals surface area contributed by atoms with Crippen molar-refractivity contribution < 1.29 is 19.2 Å². The molecular formula is C20H21ClN2O4. The molecule has 27 heavy (non-hydrogen) atoms. The molecule has 142 valence electrons. The van der Waals surface area contributed by atoms with Crippen LogP contribution in [0.15, 0.2) is 59.1 Å². The Balaban J connectivity index is 0.00000261. The zero-order chi connectivity index (χ0) is 18.5. The molecule has 0 bridgehead atoms. The van der Waals surface area contributed by atoms with Gasteiger partial charge in [-0.05, 0) is 36.8 Å². The molecule has 0 saturated heterocycles. The average Bonchev–Trinajstić information content (AvgIpc) is 3.12. The first-order valence-corrected chi connectivity index (χ1v) is 8.24. The lowest BCUT2D eigenvalue weighted by atomic mass is 10.0. The Kier molecular flexibility index (Phi) is 6.98. The maximum atomic E-state index is 11.8. The van der Waals surface area contributed by atoms with Crippen LogP contribution >= 0.6 is 12.4 Å². The molecule has 0 fully saturated rings. The predicted molar refractivity (Wildman–Crippen MR) is 104 cm³/mol. The number of hydrogen-bond donors (Lipinski definition) is 2. The lowest BCUT2D eigenvalue weighted by Gasteiger charge is -2.11. The molecule has 6 nitrogen and oxygen atoms in total. The van der Waals surface area contributed by atoms with Gasteiger partial charge in [0.2, 0.25) is 0 Å². The van der Waals surface area contributed by atoms with Gasteiger partial charge in [0, 0.05) is 12.1 Å². The number of nitrogens with zero attached hydrogens (tertiary/aromatic N) is 1. The number of nitrogens with one attached hydrogen (secondary N) is 1. The topological polar surface area (TPSA) is 84.6 Å². The summed E-state index contributed by atoms with van der Waals surface area (Å²) in [4.78, 5) is 11.8. The molecule has 0 aliphatic heterocycles. The van der Waals surface area contributed by atoms with Gasteiger partial charge in [-0.25, -0.2) is 4.79 Å². The van der Waals surface area contributed by atoms with Gasteiger partial charge in [0.15, 0.2) is 5.76 Å². The van der Waals surface area contributed by atoms with Crippen molar-refractivity contribution in [2.45, 2.75) is 19.5 Å². The van der Waals surface area contributed by atoms with Crippen molar-refractivity contribution in [1.82, 2.24) is 10.5 Å². The van der Waals surface area contributed by atoms with E-state index in [1.54, 1.807) is 31.4 Å². The van der Waals surface area contributed by atoms with Crippen LogP contribution in [0.2, 0.25) is 0 Å². The van der Waals surface area contributed by atoms with E-state index in [0.717, 1.165) is 5.56 Å². The smallest absolute Gasteiger partial charge is 0.341 e. The normalized spacial score (nSPS) is 11.5. The second-order valence-corrected chi connectivity index (χ2v) is 5.89. The van der Waals surface area contributed by atoms with Crippen molar-refractivity contribution in [2.24, 2.45) is 0 Å². The van der Waals surface area contributed by atoms with Crippen LogP contribution in [0, 0.1) is 0 Å². The molecule has 3 rings (SSSR count). The van der Waals surface area contributed by atoms with Crippen molar-refractivity contribution in [3.05, 3.63) is 71.5 Å². The van der Waals surface area contributed by atoms with Crippen LogP contribution in [-0.2, 0) is 6.54 Å². The van der Waals surface area contributed by atoms with Crippen molar-refractivity contribution in [2.75, 3.05) is 7.11 Å². The van der Waals surface area contributed by atoms with Crippen LogP contribution in [-0.4, -0.2) is 23.3 Å². The van der Waals surface area contributed by atoms with Crippen LogP contribution in [0.1, 0.15) is 34.6 Å². The molecular weight excluding hydrogens is 368 g/mol. The second-order valence-electron chi connectivity index (χ2n) is 5.89. The van der Waals surface area contributed by atoms with E-state index in [-0.39, 0.29) is 24.0 Å². The van der Waals surface area contributed by atoms with Gasteiger partial charge in [-0.2, -0.15) is 0 Å². The zero-order valence-electron chi connectivity index (χ0n) is 15.0. The number of benzene rings is 2. The summed E-state index contributed by atoms with van der Waals surface area (Å²) < 4.78 is 10.5. The van der Waals surface area contributed by atoms with E-state index in [4.69, 9.17) is 9.26 Å². The van der Waals surface area contributed by atoms with Crippen LogP contribution < -0.4 is 10.1 Å². The molecule has 1 heterocycles. The van der Waals surface area contributed by atoms with Crippen molar-refractivity contribution in [3.63, 3.8) is 0 Å². The first-order valence-electron chi connectivity index (χ1n) is 8.24. The SMILES string of the molecule is COc1ccc(-c2noc([C@@H](C)NCc3ccccc3)c2C(=O)O)cc1.Cl. The second kappa shape index (κ2) is 9.21. The number of carboxylic acids is 1. The van der Waals surface area contributed by atoms with Gasteiger partial charge in [0.25, 0.3) is 0 Å². The van der Waals surface area contributed by atoms with E-state index in [2.05, 4.69) is 10.5 Å². The average molecular weight is 389 g/mol. The van der Waals surface area contributed by atoms with E-state index in [0.29, 0.717) is 29.3 Å². The molecule has 0 unspecified atom stereocenters. The number of methoxy groups -OCH3 is 1. The fraction of sp³-hybridized carbons (Fsp3) is 0.200. The quantitative estimate of drug-likeness (QED) is 0.627. The van der Waals surface area contributed by atoms with Gasteiger partial charge >= 0.3 is 5.97 Å². The summed E-state index contributed by atoms with van der Waals surface area (Å²) in [5.74, 6) is -0.0769. The largest absolute Gasteiger partial charge is 0.497 e. The van der Waals surface area contributed by atoms with E-state index in [9.17, 15) is 9.90 Å². The molecule has 1 atom stereocenters. The number of ether oxygens (including phenoxy) is 1. The zero-order valence-corrected chi connectivity index (χ0v) is 15.8. The maximum absolute atomic E-state index is 11.8. The predicted octanol–water partition coefficient (Wildman–Crippen LogP) is 4.32. The molecule has 0 aliphatic rings. The minimum Gasteiger partial charge on any atom is -0.497 e. The van der Waals surface area contributed by atoms with Crippen LogP contribution in [0.25, 0.3) is 11.3 Å². The number of hydrogen-bond acceptors (Lipinski definition) is 5. The van der Waals surface area contributed by atoms with Crippen molar-refractivity contribution in [3.8, 4) is 17.0 Å². The molecule has 0 radical (unpaired) electrons. The number of aromatic nitrogens is 1. The highest BCUT2D eigenvalue weighted by atomic mass is 35.5. The summed E-state index contributed by atoms with van der Waals surface area (Å²) in [5, 5.41) is 17.0. The Morgan fingerprint density at radius 2 is 1.85 bits per heavy atom. The molecule has 1 aromatic heterocycles. The van der Waals surface area contributed by atoms with Gasteiger partial charge in [-0.3, -0.25) is 0 Å². The first-order chi connectivity index (χ1) is 12.6. The highest BCUT2D eigenvalue weighted by Gasteiger charge is 2.27. The molecule has 7 heteroatoms. The van der Waals surface area contributed by atoms with Gasteiger partial charge in [-0.15, -0.1) is 12.4 Å². The number of aromatic carboxylic acids is 1. The van der Waals surface area contributed by atoms with Crippen LogP contribution in [0.5, 0.6) is 5.75 Å². The van der Waals surface area contributed by atoms with Crippen molar-refractivity contribution in [1.29, 1.82) is 0 Å². The summed E-state index contributed by atoms with van der Waals surface area (Å²) in [6.45, 7) is 2.45. The molecule has 0 amide bonds. The van der Waals surface area contributed by atoms with E-state index < -0.39 is 5.97 Å². The fourth-order valence-electron chi connectivity index (χ4n) is 2.71. The molecule has 3 aromatic rings. The lowest BCUT2D eigenvalue weighted by molar-refractivity contribution is 0.0694. The van der Waals surface area contributed by atoms with E-state index in [1.165, 1.54) is 0 Å². The third kappa shape index (κ3) is 4.67. The Morgan fingerprint density at radius 1 is 1.19 bits per heavy atom. The standard InChI is InChI=1S/C20H20N2O4.ClH/c1-13(21-12-14-6-4-3-5-7-14)19-17(20(23)24)18(22-26-19)15-8-10-16(25-2)11-9-15;/h3-11,13,21H,12H2,1-2H3,(H,23,24);1H/t13-;/m1./s1. The third-order valence-corrected chi connectivity index (χ3v) is 4.14. The molecule has 0 saturated carbocycles. The van der Waals surface area contributed by atoms with Gasteiger partial charge < -0.3 is 19.7 Å². The molecule has 2 N–H and O–H groups in total. The van der Waals surface area contributed by atoms with Crippen molar-refractivity contribution >= 4 is 18.4 Å². The Hall–Kier alpha value is -2.83. The highest BCUT2D eigenvalue weighted by molar-refractivity contribution is 5.96. The van der Waals surface area contributed by atoms with E-state index in [1.807, 2.05) is 37.3 Å². The summed E-state index contributed by atoms with van der Waals surface area (Å²) in [6.07, 6.45) is 0. The third-order valence-electron chi connectivity index (χ3n) is 4.14. The summed E-state index contributed by atoms with van der Waals surface area (Å²) in [6, 6.07) is 16.6. The maximum Gasteiger partial charge on any atom is 0.341 e. The summed E-state index contributed by atoms with van der Waals surface area (Å²) >= 11 is 0. The van der Waals surface area contributed by atoms with Crippen LogP contribution in [0.3, 0.4) is 0 Å². The fourth-order valence-corrected chi connectivity index (χ4v) is 2.71. The van der Waals surface area contributed by atoms with Crippen LogP contribution in [0.4, 0.5) is 0 Å². The van der Waals surface area contributed by atoms with Gasteiger partial charge in [0.1, 0.15) is 17.0 Å². The molecule has 0 spiro atoms. The Bertz CT molecular complexity index is 879. The van der Waals surface area contributed by atoms with Gasteiger partial charge in [-0.1, -0.05) is 35.5 Å². The number of rotatable bonds is 7. The number of carboxylic acid groups (broad SMARTS) is 1. The lowest BCUT2D eigenvalue weighted by Crippen LogP contribution is -2.19. The minimum absolute atomic E-state index is 0. The molecule has 2 aromatic carbocycles. The molecule has 0 aliphatic carbocycles. The minimum atomic E-state index is -1.07. The first kappa shape index (κ1) is 20.5. The summed E-state index contributed by atoms with van der Waals surface area (Å²) in [5.41, 5.74) is 2.14. The van der Waals surface area contributed by atoms with E-state index >= 15 is 0 Å². The monoisotopic (exact) mass is 388 g/mol. The number of carbonyl (C=O) groups is 1.